The highest BCUT2D eigenvalue weighted by Gasteiger charge is 1.87. The first-order valence-electron chi connectivity index (χ1n) is 6.46. The van der Waals surface area contributed by atoms with Crippen molar-refractivity contribution in [2.45, 2.75) is 35.6 Å². The van der Waals surface area contributed by atoms with Crippen LogP contribution in [0.5, 0.6) is 0 Å². The van der Waals surface area contributed by atoms with Crippen LogP contribution in [0.3, 0.4) is 0 Å². The van der Waals surface area contributed by atoms with Gasteiger partial charge in [0.25, 0.3) is 0 Å². The second-order valence-electron chi connectivity index (χ2n) is 5.51. The van der Waals surface area contributed by atoms with E-state index in [0.29, 0.717) is 0 Å². The minimum Gasteiger partial charge on any atom is -0.349 e. The molecule has 154 valence electrons. The van der Waals surface area contributed by atoms with Gasteiger partial charge >= 0.3 is 0 Å². The molecule has 24 heavy (non-hydrogen) atoms. The van der Waals surface area contributed by atoms with Crippen LogP contribution in [0.25, 0.3) is 0 Å². The normalized spacial score (nSPS) is 7.71. The molecule has 0 saturated heterocycles. The van der Waals surface area contributed by atoms with E-state index in [0.717, 1.165) is 0 Å². The predicted molar refractivity (Wildman–Crippen MR) is 120 cm³/mol. The molecule has 0 spiro atoms. The number of rotatable bonds is 0. The summed E-state index contributed by atoms with van der Waals surface area (Å²) >= 11 is 1.75. The zero-order valence-electron chi connectivity index (χ0n) is 16.6. The minimum atomic E-state index is -1.67. The predicted octanol–water partition coefficient (Wildman–Crippen LogP) is 3.08. The topological polar surface area (TPSA) is 57.7 Å². The van der Waals surface area contributed by atoms with Crippen LogP contribution < -0.4 is 0 Å². The molecule has 0 aromatic heterocycles. The molecule has 0 heterocycles. The first-order chi connectivity index (χ1) is 9.52. The van der Waals surface area contributed by atoms with E-state index >= 15 is 0 Å². The van der Waals surface area contributed by atoms with E-state index < -0.39 is 9.52 Å². The third kappa shape index (κ3) is 747. The third-order valence-corrected chi connectivity index (χ3v) is 0.630. The van der Waals surface area contributed by atoms with Crippen molar-refractivity contribution in [3.05, 3.63) is 0 Å². The smallest absolute Gasteiger partial charge is 0.218 e. The van der Waals surface area contributed by atoms with E-state index in [1.807, 2.05) is 38.6 Å². The molecular formula is C17H46N2O3S2. The van der Waals surface area contributed by atoms with Gasteiger partial charge in [0.2, 0.25) is 5.91 Å². The molecule has 0 bridgehead atoms. The van der Waals surface area contributed by atoms with Gasteiger partial charge in [-0.15, -0.1) is 0 Å². The van der Waals surface area contributed by atoms with Crippen LogP contribution in [0.4, 0.5) is 0 Å². The third-order valence-electron chi connectivity index (χ3n) is 0.630. The number of amides is 1. The molecule has 0 saturated carbocycles. The molecule has 0 atom stereocenters. The number of nitrogens with zero attached hydrogens (tertiary/aromatic N) is 2. The Labute approximate surface area is 158 Å². The van der Waals surface area contributed by atoms with Crippen molar-refractivity contribution < 1.29 is 13.8 Å². The fourth-order valence-electron chi connectivity index (χ4n) is 0. The second kappa shape index (κ2) is 30.4. The van der Waals surface area contributed by atoms with E-state index in [1.54, 1.807) is 38.4 Å². The standard InChI is InChI=1S/C4H9NO.C3H9N.C3H8OS.C3H6O.C2H6S.2CH4/c1-4(6)5(2)3;1-4(2)3;1-5(2,3)4;1-3(2)4;1-3-2;;/h1-3H3;1-3H3;1H2,2-3H3;1-2H3;1-2H3;2*1H4. The molecule has 0 aromatic carbocycles. The molecule has 1 amide bonds. The maximum absolute atomic E-state index is 10.1. The van der Waals surface area contributed by atoms with Gasteiger partial charge in [-0.05, 0) is 62.9 Å². The summed E-state index contributed by atoms with van der Waals surface area (Å²) in [7, 11) is 7.78. The number of hydrogen-bond acceptors (Lipinski definition) is 5. The second-order valence-corrected chi connectivity index (χ2v) is 9.20. The minimum absolute atomic E-state index is 0. The average molecular weight is 391 g/mol. The van der Waals surface area contributed by atoms with Crippen LogP contribution in [-0.4, -0.2) is 91.8 Å². The van der Waals surface area contributed by atoms with Crippen LogP contribution >= 0.6 is 11.8 Å². The maximum Gasteiger partial charge on any atom is 0.218 e. The van der Waals surface area contributed by atoms with Crippen LogP contribution in [0, 0.1) is 0 Å². The zero-order valence-corrected chi connectivity index (χ0v) is 18.3. The Kier molecular flexibility index (Phi) is 55.3. The monoisotopic (exact) mass is 390 g/mol. The van der Waals surface area contributed by atoms with E-state index in [1.165, 1.54) is 25.7 Å². The summed E-state index contributed by atoms with van der Waals surface area (Å²) in [6, 6.07) is 0. The van der Waals surface area contributed by atoms with Gasteiger partial charge < -0.3 is 14.6 Å². The Bertz CT molecular complexity index is 325. The Morgan fingerprint density at radius 3 is 0.917 bits per heavy atom. The SMILES string of the molecule is C.C.C=S(C)(C)=O.CC(=O)N(C)C.CC(C)=O.CN(C)C.CSC. The number of thioether (sulfide) groups is 1. The number of carbonyl (C=O) groups is 2. The van der Waals surface area contributed by atoms with E-state index in [9.17, 15) is 13.8 Å². The molecule has 0 aliphatic carbocycles. The van der Waals surface area contributed by atoms with Crippen LogP contribution in [-0.2, 0) is 19.1 Å². The summed E-state index contributed by atoms with van der Waals surface area (Å²) in [4.78, 5) is 23.0. The quantitative estimate of drug-likeness (QED) is 0.595. The number of carbonyl (C=O) groups excluding carboxylic acids is 2. The number of Topliss-reactive ketones (excluding diaryl/α,β-unsaturated/α-hetero) is 1. The highest BCUT2D eigenvalue weighted by atomic mass is 32.2. The van der Waals surface area contributed by atoms with Gasteiger partial charge in [-0.1, -0.05) is 14.9 Å². The van der Waals surface area contributed by atoms with Crippen molar-refractivity contribution in [2.75, 3.05) is 60.3 Å². The Hall–Kier alpha value is -0.530. The molecular weight excluding hydrogens is 344 g/mol. The fourth-order valence-corrected chi connectivity index (χ4v) is 0. The lowest BCUT2D eigenvalue weighted by Gasteiger charge is -2.02. The number of hydrogen-bond donors (Lipinski definition) is 0. The van der Waals surface area contributed by atoms with Gasteiger partial charge in [-0.3, -0.25) is 9.00 Å². The summed E-state index contributed by atoms with van der Waals surface area (Å²) in [5.74, 6) is 3.56. The van der Waals surface area contributed by atoms with Gasteiger partial charge in [-0.2, -0.15) is 11.8 Å². The van der Waals surface area contributed by atoms with Gasteiger partial charge in [0.05, 0.1) is 0 Å². The number of ketones is 1. The molecule has 0 N–H and O–H groups in total. The van der Waals surface area contributed by atoms with Crippen molar-refractivity contribution in [3.8, 4) is 0 Å². The van der Waals surface area contributed by atoms with Gasteiger partial charge in [0.15, 0.2) is 0 Å². The molecule has 0 fully saturated rings. The first kappa shape index (κ1) is 43.7. The summed E-state index contributed by atoms with van der Waals surface area (Å²) in [6.45, 7) is 4.58. The molecule has 0 rings (SSSR count). The molecule has 7 heteroatoms. The van der Waals surface area contributed by atoms with E-state index in [4.69, 9.17) is 0 Å². The fraction of sp³-hybridized carbons (Fsp3) is 0.824. The summed E-state index contributed by atoms with van der Waals surface area (Å²) < 4.78 is 10.1. The van der Waals surface area contributed by atoms with Gasteiger partial charge in [0, 0.05) is 33.5 Å². The van der Waals surface area contributed by atoms with Crippen LogP contribution in [0.2, 0.25) is 0 Å². The molecule has 0 aromatic rings. The summed E-state index contributed by atoms with van der Waals surface area (Å²) in [5, 5.41) is 0. The maximum atomic E-state index is 10.1. The summed E-state index contributed by atoms with van der Waals surface area (Å²) in [5.41, 5.74) is 0. The van der Waals surface area contributed by atoms with Crippen LogP contribution in [0.15, 0.2) is 0 Å². The van der Waals surface area contributed by atoms with Gasteiger partial charge in [-0.25, -0.2) is 0 Å². The van der Waals surface area contributed by atoms with Crippen molar-refractivity contribution in [1.29, 1.82) is 0 Å². The lowest BCUT2D eigenvalue weighted by Crippen LogP contribution is -2.17. The van der Waals surface area contributed by atoms with Crippen LogP contribution in [0.1, 0.15) is 35.6 Å². The molecule has 5 nitrogen and oxygen atoms in total. The lowest BCUT2D eigenvalue weighted by molar-refractivity contribution is -0.126. The highest BCUT2D eigenvalue weighted by Crippen LogP contribution is 1.70. The molecule has 0 aliphatic rings. The summed E-state index contributed by atoms with van der Waals surface area (Å²) in [6.07, 6.45) is 7.29. The van der Waals surface area contributed by atoms with Crippen molar-refractivity contribution >= 4 is 38.8 Å². The Morgan fingerprint density at radius 1 is 0.875 bits per heavy atom. The van der Waals surface area contributed by atoms with Crippen molar-refractivity contribution in [2.24, 2.45) is 0 Å². The van der Waals surface area contributed by atoms with Gasteiger partial charge in [0.1, 0.15) is 5.78 Å². The Balaban J connectivity index is -0.0000000300. The highest BCUT2D eigenvalue weighted by molar-refractivity contribution is 7.99. The zero-order chi connectivity index (χ0) is 19.5. The molecule has 0 radical (unpaired) electrons. The average Bonchev–Trinajstić information content (AvgIpc) is 2.13. The molecule has 0 unspecified atom stereocenters. The van der Waals surface area contributed by atoms with E-state index in [2.05, 4.69) is 5.87 Å². The largest absolute Gasteiger partial charge is 0.349 e. The molecule has 0 aliphatic heterocycles. The Morgan fingerprint density at radius 2 is 0.917 bits per heavy atom. The first-order valence-corrected chi connectivity index (χ1v) is 10.6. The van der Waals surface area contributed by atoms with E-state index in [-0.39, 0.29) is 26.5 Å². The van der Waals surface area contributed by atoms with Crippen molar-refractivity contribution in [3.63, 3.8) is 0 Å². The van der Waals surface area contributed by atoms with Crippen molar-refractivity contribution in [1.82, 2.24) is 9.80 Å². The lowest BCUT2D eigenvalue weighted by atomic mass is 10.6.